The van der Waals surface area contributed by atoms with Crippen molar-refractivity contribution in [3.05, 3.63) is 16.1 Å². The van der Waals surface area contributed by atoms with Crippen molar-refractivity contribution < 1.29 is 14.7 Å². The van der Waals surface area contributed by atoms with Gasteiger partial charge in [0.2, 0.25) is 5.91 Å². The lowest BCUT2D eigenvalue weighted by Gasteiger charge is -2.13. The van der Waals surface area contributed by atoms with Crippen LogP contribution in [0.15, 0.2) is 5.38 Å². The van der Waals surface area contributed by atoms with Gasteiger partial charge < -0.3 is 10.4 Å². The van der Waals surface area contributed by atoms with E-state index in [1.807, 2.05) is 0 Å². The van der Waals surface area contributed by atoms with Gasteiger partial charge in [-0.25, -0.2) is 9.78 Å². The highest BCUT2D eigenvalue weighted by Crippen LogP contribution is 2.25. The summed E-state index contributed by atoms with van der Waals surface area (Å²) in [5, 5.41) is 13.7. The van der Waals surface area contributed by atoms with E-state index in [2.05, 4.69) is 10.3 Å². The maximum atomic E-state index is 11.9. The zero-order chi connectivity index (χ0) is 14.4. The van der Waals surface area contributed by atoms with Crippen LogP contribution in [0.1, 0.15) is 60.4 Å². The van der Waals surface area contributed by atoms with Crippen LogP contribution in [0.3, 0.4) is 0 Å². The molecule has 0 unspecified atom stereocenters. The molecule has 6 heteroatoms. The second-order valence-electron chi connectivity index (χ2n) is 5.27. The van der Waals surface area contributed by atoms with E-state index in [0.717, 1.165) is 12.8 Å². The van der Waals surface area contributed by atoms with Crippen LogP contribution in [0.4, 0.5) is 0 Å². The molecule has 1 amide bonds. The third-order valence-corrected chi connectivity index (χ3v) is 4.51. The van der Waals surface area contributed by atoms with Crippen LogP contribution in [0.25, 0.3) is 0 Å². The minimum atomic E-state index is -1.03. The maximum absolute atomic E-state index is 11.9. The average Bonchev–Trinajstić information content (AvgIpc) is 2.75. The van der Waals surface area contributed by atoms with Crippen molar-refractivity contribution in [2.75, 3.05) is 0 Å². The molecule has 1 saturated carbocycles. The van der Waals surface area contributed by atoms with Crippen molar-refractivity contribution in [3.8, 4) is 0 Å². The SMILES string of the molecule is O=C(CC1CCCCCC1)NCc1nc(C(=O)O)cs1. The molecule has 2 N–H and O–H groups in total. The number of carboxylic acids is 1. The topological polar surface area (TPSA) is 79.3 Å². The number of rotatable bonds is 5. The molecule has 0 bridgehead atoms. The second-order valence-corrected chi connectivity index (χ2v) is 6.21. The van der Waals surface area contributed by atoms with Crippen LogP contribution in [0, 0.1) is 5.92 Å². The first-order chi connectivity index (χ1) is 9.65. The van der Waals surface area contributed by atoms with Gasteiger partial charge in [0.1, 0.15) is 5.01 Å². The van der Waals surface area contributed by atoms with E-state index in [1.165, 1.54) is 42.4 Å². The number of carbonyl (C=O) groups is 2. The van der Waals surface area contributed by atoms with Gasteiger partial charge in [-0.05, 0) is 18.8 Å². The van der Waals surface area contributed by atoms with E-state index in [0.29, 0.717) is 23.9 Å². The Kier molecular flexibility index (Phi) is 5.52. The summed E-state index contributed by atoms with van der Waals surface area (Å²) >= 11 is 1.26. The second kappa shape index (κ2) is 7.38. The highest BCUT2D eigenvalue weighted by Gasteiger charge is 2.16. The number of thiazole rings is 1. The molecule has 1 aliphatic carbocycles. The highest BCUT2D eigenvalue weighted by atomic mass is 32.1. The number of amides is 1. The first-order valence-electron chi connectivity index (χ1n) is 7.09. The normalized spacial score (nSPS) is 16.6. The molecule has 0 atom stereocenters. The number of nitrogens with zero attached hydrogens (tertiary/aromatic N) is 1. The Morgan fingerprint density at radius 1 is 1.30 bits per heavy atom. The minimum absolute atomic E-state index is 0.0445. The largest absolute Gasteiger partial charge is 0.476 e. The smallest absolute Gasteiger partial charge is 0.355 e. The summed E-state index contributed by atoms with van der Waals surface area (Å²) in [5.41, 5.74) is 0.0445. The van der Waals surface area contributed by atoms with Gasteiger partial charge in [-0.2, -0.15) is 0 Å². The molecule has 5 nitrogen and oxygen atoms in total. The Bertz CT molecular complexity index is 465. The van der Waals surface area contributed by atoms with E-state index in [-0.39, 0.29) is 11.6 Å². The predicted octanol–water partition coefficient (Wildman–Crippen LogP) is 2.82. The summed E-state index contributed by atoms with van der Waals surface area (Å²) in [6, 6.07) is 0. The van der Waals surface area contributed by atoms with Crippen molar-refractivity contribution in [1.29, 1.82) is 0 Å². The van der Waals surface area contributed by atoms with Crippen molar-refractivity contribution >= 4 is 23.2 Å². The van der Waals surface area contributed by atoms with Gasteiger partial charge in [-0.3, -0.25) is 4.79 Å². The zero-order valence-electron chi connectivity index (χ0n) is 11.4. The lowest BCUT2D eigenvalue weighted by molar-refractivity contribution is -0.122. The van der Waals surface area contributed by atoms with E-state index in [4.69, 9.17) is 5.11 Å². The lowest BCUT2D eigenvalue weighted by atomic mass is 9.96. The number of aromatic carboxylic acids is 1. The molecule has 1 heterocycles. The van der Waals surface area contributed by atoms with Crippen molar-refractivity contribution in [2.45, 2.75) is 51.5 Å². The summed E-state index contributed by atoms with van der Waals surface area (Å²) in [6.45, 7) is 0.323. The lowest BCUT2D eigenvalue weighted by Crippen LogP contribution is -2.25. The van der Waals surface area contributed by atoms with Gasteiger partial charge in [-0.15, -0.1) is 11.3 Å². The molecule has 110 valence electrons. The maximum Gasteiger partial charge on any atom is 0.355 e. The fraction of sp³-hybridized carbons (Fsp3) is 0.643. The van der Waals surface area contributed by atoms with E-state index in [1.54, 1.807) is 0 Å². The van der Waals surface area contributed by atoms with E-state index >= 15 is 0 Å². The molecule has 1 aromatic rings. The number of carboxylic acid groups (broad SMARTS) is 1. The molecule has 0 aliphatic heterocycles. The molecule has 0 aromatic carbocycles. The summed E-state index contributed by atoms with van der Waals surface area (Å²) < 4.78 is 0. The van der Waals surface area contributed by atoms with Gasteiger partial charge in [0.25, 0.3) is 0 Å². The van der Waals surface area contributed by atoms with Crippen LogP contribution in [-0.4, -0.2) is 22.0 Å². The summed E-state index contributed by atoms with van der Waals surface area (Å²) in [6.07, 6.45) is 7.90. The van der Waals surface area contributed by atoms with Crippen LogP contribution in [0.5, 0.6) is 0 Å². The third kappa shape index (κ3) is 4.59. The van der Waals surface area contributed by atoms with Crippen LogP contribution >= 0.6 is 11.3 Å². The minimum Gasteiger partial charge on any atom is -0.476 e. The Balaban J connectivity index is 1.74. The zero-order valence-corrected chi connectivity index (χ0v) is 12.2. The quantitative estimate of drug-likeness (QED) is 0.819. The van der Waals surface area contributed by atoms with Crippen LogP contribution < -0.4 is 5.32 Å². The number of hydrogen-bond donors (Lipinski definition) is 2. The van der Waals surface area contributed by atoms with Gasteiger partial charge in [0, 0.05) is 11.8 Å². The van der Waals surface area contributed by atoms with Gasteiger partial charge in [-0.1, -0.05) is 25.7 Å². The van der Waals surface area contributed by atoms with E-state index in [9.17, 15) is 9.59 Å². The Morgan fingerprint density at radius 3 is 2.60 bits per heavy atom. The van der Waals surface area contributed by atoms with Gasteiger partial charge >= 0.3 is 5.97 Å². The monoisotopic (exact) mass is 296 g/mol. The van der Waals surface area contributed by atoms with Crippen LogP contribution in [0.2, 0.25) is 0 Å². The molecule has 0 radical (unpaired) electrons. The van der Waals surface area contributed by atoms with Gasteiger partial charge in [0.15, 0.2) is 5.69 Å². The molecular weight excluding hydrogens is 276 g/mol. The number of aromatic nitrogens is 1. The predicted molar refractivity (Wildman–Crippen MR) is 76.7 cm³/mol. The Morgan fingerprint density at radius 2 is 2.00 bits per heavy atom. The summed E-state index contributed by atoms with van der Waals surface area (Å²) in [7, 11) is 0. The Labute approximate surface area is 122 Å². The fourth-order valence-electron chi connectivity index (χ4n) is 2.57. The molecule has 1 aliphatic rings. The summed E-state index contributed by atoms with van der Waals surface area (Å²) in [5.74, 6) is -0.482. The highest BCUT2D eigenvalue weighted by molar-refractivity contribution is 7.09. The van der Waals surface area contributed by atoms with Crippen molar-refractivity contribution in [3.63, 3.8) is 0 Å². The molecule has 0 saturated heterocycles. The molecule has 2 rings (SSSR count). The molecule has 20 heavy (non-hydrogen) atoms. The molecule has 0 spiro atoms. The number of nitrogens with one attached hydrogen (secondary N) is 1. The third-order valence-electron chi connectivity index (χ3n) is 3.66. The van der Waals surface area contributed by atoms with Crippen molar-refractivity contribution in [2.24, 2.45) is 5.92 Å². The molecule has 1 aromatic heterocycles. The van der Waals surface area contributed by atoms with Gasteiger partial charge in [0.05, 0.1) is 6.54 Å². The van der Waals surface area contributed by atoms with Crippen LogP contribution in [-0.2, 0) is 11.3 Å². The van der Waals surface area contributed by atoms with Crippen molar-refractivity contribution in [1.82, 2.24) is 10.3 Å². The Hall–Kier alpha value is -1.43. The number of hydrogen-bond acceptors (Lipinski definition) is 4. The summed E-state index contributed by atoms with van der Waals surface area (Å²) in [4.78, 5) is 26.5. The average molecular weight is 296 g/mol. The molecular formula is C14H20N2O3S. The molecule has 1 fully saturated rings. The first kappa shape index (κ1) is 15.0. The number of carbonyl (C=O) groups excluding carboxylic acids is 1. The standard InChI is InChI=1S/C14H20N2O3S/c17-12(7-10-5-3-1-2-4-6-10)15-8-13-16-11(9-20-13)14(18)19/h9-10H,1-8H2,(H,15,17)(H,18,19). The van der Waals surface area contributed by atoms with E-state index < -0.39 is 5.97 Å². The fourth-order valence-corrected chi connectivity index (χ4v) is 3.27. The first-order valence-corrected chi connectivity index (χ1v) is 7.97.